The highest BCUT2D eigenvalue weighted by atomic mass is 19.1. The summed E-state index contributed by atoms with van der Waals surface area (Å²) < 4.78 is 61.2. The Morgan fingerprint density at radius 3 is 1.88 bits per heavy atom. The van der Waals surface area contributed by atoms with Gasteiger partial charge in [-0.3, -0.25) is 33.6 Å². The van der Waals surface area contributed by atoms with Crippen LogP contribution in [0.2, 0.25) is 0 Å². The number of rotatable bonds is 30. The van der Waals surface area contributed by atoms with Gasteiger partial charge in [-0.25, -0.2) is 9.18 Å². The van der Waals surface area contributed by atoms with E-state index in [4.69, 9.17) is 43.0 Å². The fourth-order valence-electron chi connectivity index (χ4n) is 12.4. The molecule has 9 unspecified atom stereocenters. The summed E-state index contributed by atoms with van der Waals surface area (Å²) in [7, 11) is 0. The third-order valence-corrected chi connectivity index (χ3v) is 18.0. The fraction of sp³-hybridized carbons (Fsp3) is 0.869. The van der Waals surface area contributed by atoms with Crippen molar-refractivity contribution in [3.63, 3.8) is 0 Å². The first kappa shape index (κ1) is 68.1. The summed E-state index contributed by atoms with van der Waals surface area (Å²) in [4.78, 5) is 101. The molecule has 5 rings (SSSR count). The lowest BCUT2D eigenvalue weighted by Gasteiger charge is -2.39. The molecule has 0 aromatic carbocycles. The number of carboxylic acid groups (broad SMARTS) is 2. The first-order valence-corrected chi connectivity index (χ1v) is 30.1. The molecule has 2 saturated heterocycles. The first-order chi connectivity index (χ1) is 37.5. The molecule has 2 aliphatic heterocycles. The predicted octanol–water partition coefficient (Wildman–Crippen LogP) is 11.2. The number of carbonyl (C=O) groups is 8. The zero-order valence-electron chi connectivity index (χ0n) is 50.1. The molecule has 3 saturated carbocycles. The molecule has 3 aliphatic carbocycles. The van der Waals surface area contributed by atoms with Gasteiger partial charge in [-0.1, -0.05) is 46.5 Å². The van der Waals surface area contributed by atoms with E-state index in [9.17, 15) is 43.5 Å². The van der Waals surface area contributed by atoms with Gasteiger partial charge in [-0.05, 0) is 176 Å². The molecule has 458 valence electrons. The van der Waals surface area contributed by atoms with Gasteiger partial charge in [0.15, 0.2) is 0 Å². The van der Waals surface area contributed by atoms with Crippen molar-refractivity contribution < 1.29 is 90.9 Å². The molecule has 5 aliphatic rings. The molecule has 5 fully saturated rings. The zero-order valence-corrected chi connectivity index (χ0v) is 50.1. The molecule has 2 N–H and O–H groups in total. The van der Waals surface area contributed by atoms with Gasteiger partial charge in [0.2, 0.25) is 5.67 Å². The maximum absolute atomic E-state index is 16.2. The van der Waals surface area contributed by atoms with E-state index in [0.717, 1.165) is 116 Å². The molecule has 2 heterocycles. The largest absolute Gasteiger partial charge is 0.481 e. The third-order valence-electron chi connectivity index (χ3n) is 18.0. The number of ether oxygens (including phenoxy) is 8. The normalized spacial score (nSPS) is 24.1. The molecule has 0 bridgehead atoms. The topological polar surface area (TPSA) is 251 Å². The van der Waals surface area contributed by atoms with E-state index in [-0.39, 0.29) is 75.7 Å². The van der Waals surface area contributed by atoms with Gasteiger partial charge in [0.05, 0.1) is 59.2 Å². The minimum Gasteiger partial charge on any atom is -0.481 e. The van der Waals surface area contributed by atoms with E-state index in [1.807, 2.05) is 34.6 Å². The highest BCUT2D eigenvalue weighted by Crippen LogP contribution is 2.45. The van der Waals surface area contributed by atoms with Crippen molar-refractivity contribution in [3.05, 3.63) is 0 Å². The number of esters is 6. The number of hydrogen-bond acceptors (Lipinski definition) is 16. The summed E-state index contributed by atoms with van der Waals surface area (Å²) in [6, 6.07) is 0. The molecular weight excluding hydrogens is 1040 g/mol. The molecule has 0 aromatic rings. The number of hydrogen-bond donors (Lipinski definition) is 2. The predicted molar refractivity (Wildman–Crippen MR) is 292 cm³/mol. The van der Waals surface area contributed by atoms with Crippen molar-refractivity contribution in [1.82, 2.24) is 0 Å². The van der Waals surface area contributed by atoms with Gasteiger partial charge < -0.3 is 48.1 Å². The van der Waals surface area contributed by atoms with E-state index in [1.54, 1.807) is 20.8 Å². The first-order valence-electron chi connectivity index (χ1n) is 30.1. The van der Waals surface area contributed by atoms with Crippen LogP contribution in [0.25, 0.3) is 0 Å². The van der Waals surface area contributed by atoms with E-state index in [0.29, 0.717) is 25.4 Å². The van der Waals surface area contributed by atoms with Crippen LogP contribution in [-0.2, 0) is 76.3 Å². The molecule has 18 nitrogen and oxygen atoms in total. The van der Waals surface area contributed by atoms with Crippen LogP contribution in [0.3, 0.4) is 0 Å². The van der Waals surface area contributed by atoms with Crippen molar-refractivity contribution in [1.29, 1.82) is 0 Å². The fourth-order valence-corrected chi connectivity index (χ4v) is 12.4. The monoisotopic (exact) mass is 1140 g/mol. The quantitative estimate of drug-likeness (QED) is 0.0385. The molecule has 80 heavy (non-hydrogen) atoms. The number of carbonyl (C=O) groups excluding carboxylic acids is 6. The Morgan fingerprint density at radius 1 is 0.625 bits per heavy atom. The molecule has 0 aromatic heterocycles. The SMILES string of the molecule is CCC(CC(C)(CC(C)(F)C(=O)OCCOC(=O)CCC(=O)O)C(=O)OCC1CCC2CCCC2O1)C(=O)OC(C)(C)C1CCCCC1.CCC1(OC(=O)C(C)(CC)CC(CC(C)(C)C(=O)O)C(=O)OCC2CCCO2)CCCC1. The van der Waals surface area contributed by atoms with E-state index < -0.39 is 106 Å². The Hall–Kier alpha value is -4.39. The van der Waals surface area contributed by atoms with Gasteiger partial charge in [0.25, 0.3) is 0 Å². The number of alkyl halides is 1. The van der Waals surface area contributed by atoms with E-state index in [1.165, 1.54) is 6.92 Å². The summed E-state index contributed by atoms with van der Waals surface area (Å²) in [5, 5.41) is 18.3. The summed E-state index contributed by atoms with van der Waals surface area (Å²) in [5.74, 6) is -6.89. The summed E-state index contributed by atoms with van der Waals surface area (Å²) in [5.41, 5.74) is -7.40. The second-order valence-corrected chi connectivity index (χ2v) is 25.6. The molecule has 19 heteroatoms. The lowest BCUT2D eigenvalue weighted by molar-refractivity contribution is -0.177. The average Bonchev–Trinajstić information content (AvgIpc) is 4.23. The Morgan fingerprint density at radius 2 is 1.27 bits per heavy atom. The summed E-state index contributed by atoms with van der Waals surface area (Å²) in [6.45, 7) is 17.1. The van der Waals surface area contributed by atoms with Gasteiger partial charge in [-0.2, -0.15) is 0 Å². The summed E-state index contributed by atoms with van der Waals surface area (Å²) in [6.07, 6.45) is 16.0. The number of aliphatic carboxylic acids is 2. The standard InChI is InChI=1S/C36H57FO11.C25H42O7/c1-6-24(31(41)48-34(2,3)26-12-8-7-9-13-26)21-35(4,32(42)46-22-27-16-15-25-11-10-14-28(25)47-27)23-36(5,37)33(43)45-20-19-44-30(40)18-17-29(38)39;1-6-24(5,22(29)32-25(7-2)12-8-9-13-25)16-18(15-23(3,4)21(27)28)20(26)31-17-19-11-10-14-30-19/h24-28H,6-23H2,1-5H3,(H,38,39);18-19H,6-17H2,1-5H3,(H,27,28). The highest BCUT2D eigenvalue weighted by Gasteiger charge is 2.51. The maximum Gasteiger partial charge on any atom is 0.343 e. The highest BCUT2D eigenvalue weighted by molar-refractivity contribution is 5.84. The Balaban J connectivity index is 0.000000373. The molecular formula is C61H99FO18. The smallest absolute Gasteiger partial charge is 0.343 e. The van der Waals surface area contributed by atoms with Crippen LogP contribution in [0.4, 0.5) is 4.39 Å². The van der Waals surface area contributed by atoms with Crippen LogP contribution in [0.5, 0.6) is 0 Å². The lowest BCUT2D eigenvalue weighted by atomic mass is 9.73. The van der Waals surface area contributed by atoms with Gasteiger partial charge in [0, 0.05) is 13.0 Å². The minimum atomic E-state index is -2.66. The lowest BCUT2D eigenvalue weighted by Crippen LogP contribution is -2.46. The van der Waals surface area contributed by atoms with Crippen molar-refractivity contribution in [2.45, 2.75) is 265 Å². The molecule has 0 spiro atoms. The van der Waals surface area contributed by atoms with Crippen molar-refractivity contribution in [2.24, 2.45) is 39.9 Å². The minimum absolute atomic E-state index is 0.00567. The second-order valence-electron chi connectivity index (χ2n) is 25.6. The number of fused-ring (bicyclic) bond motifs is 1. The molecule has 9 atom stereocenters. The average molecular weight is 1140 g/mol. The van der Waals surface area contributed by atoms with Gasteiger partial charge in [-0.15, -0.1) is 0 Å². The van der Waals surface area contributed by atoms with Crippen LogP contribution >= 0.6 is 0 Å². The van der Waals surface area contributed by atoms with Gasteiger partial charge >= 0.3 is 47.8 Å². The maximum atomic E-state index is 16.2. The van der Waals surface area contributed by atoms with E-state index >= 15 is 4.39 Å². The zero-order chi connectivity index (χ0) is 59.5. The van der Waals surface area contributed by atoms with Crippen molar-refractivity contribution in [3.8, 4) is 0 Å². The van der Waals surface area contributed by atoms with Crippen molar-refractivity contribution in [2.75, 3.05) is 33.0 Å². The second kappa shape index (κ2) is 30.8. The van der Waals surface area contributed by atoms with Crippen molar-refractivity contribution >= 4 is 47.8 Å². The van der Waals surface area contributed by atoms with Crippen LogP contribution < -0.4 is 0 Å². The van der Waals surface area contributed by atoms with Crippen LogP contribution in [0.1, 0.15) is 230 Å². The van der Waals surface area contributed by atoms with Crippen LogP contribution in [0, 0.1) is 39.9 Å². The molecule has 0 amide bonds. The van der Waals surface area contributed by atoms with Crippen LogP contribution in [0.15, 0.2) is 0 Å². The van der Waals surface area contributed by atoms with Crippen LogP contribution in [-0.4, -0.2) is 126 Å². The Labute approximate surface area is 475 Å². The van der Waals surface area contributed by atoms with E-state index in [2.05, 4.69) is 0 Å². The number of halogens is 1. The number of carboxylic acids is 2. The summed E-state index contributed by atoms with van der Waals surface area (Å²) >= 11 is 0. The third kappa shape index (κ3) is 20.5. The molecule has 0 radical (unpaired) electrons. The Bertz CT molecular complexity index is 2050. The Kier molecular flexibility index (Phi) is 26.2. The van der Waals surface area contributed by atoms with Gasteiger partial charge in [0.1, 0.15) is 37.6 Å².